The zero-order valence-corrected chi connectivity index (χ0v) is 15.1. The quantitative estimate of drug-likeness (QED) is 0.687. The molecule has 0 unspecified atom stereocenters. The Hall–Kier alpha value is -2.21. The Kier molecular flexibility index (Phi) is 5.18. The number of rotatable bonds is 5. The number of methoxy groups -OCH3 is 2. The van der Waals surface area contributed by atoms with Crippen molar-refractivity contribution in [2.24, 2.45) is 0 Å². The summed E-state index contributed by atoms with van der Waals surface area (Å²) in [4.78, 5) is 0. The smallest absolute Gasteiger partial charge is 0.176 e. The minimum atomic E-state index is -0.294. The van der Waals surface area contributed by atoms with Gasteiger partial charge in [0.2, 0.25) is 0 Å². The molecule has 0 saturated heterocycles. The summed E-state index contributed by atoms with van der Waals surface area (Å²) in [5, 5.41) is 15.0. The highest BCUT2D eigenvalue weighted by Crippen LogP contribution is 2.42. The summed E-state index contributed by atoms with van der Waals surface area (Å²) in [6, 6.07) is 10.4. The van der Waals surface area contributed by atoms with Gasteiger partial charge in [0.1, 0.15) is 5.69 Å². The maximum absolute atomic E-state index is 9.91. The molecule has 1 N–H and O–H groups in total. The summed E-state index contributed by atoms with van der Waals surface area (Å²) in [5.74, 6) is 1.41. The molecule has 0 atom stereocenters. The molecule has 2 aromatic carbocycles. The van der Waals surface area contributed by atoms with Crippen molar-refractivity contribution in [1.82, 2.24) is 5.16 Å². The summed E-state index contributed by atoms with van der Waals surface area (Å²) < 4.78 is 16.3. The van der Waals surface area contributed by atoms with Crippen LogP contribution in [0.4, 0.5) is 0 Å². The van der Waals surface area contributed by atoms with Crippen molar-refractivity contribution in [3.8, 4) is 34.1 Å². The van der Waals surface area contributed by atoms with Gasteiger partial charge in [0.05, 0.1) is 37.0 Å². The first kappa shape index (κ1) is 17.6. The Labute approximate surface area is 154 Å². The molecule has 0 fully saturated rings. The molecule has 1 aromatic heterocycles. The van der Waals surface area contributed by atoms with Crippen LogP contribution in [-0.4, -0.2) is 24.5 Å². The van der Waals surface area contributed by atoms with Crippen LogP contribution in [0.25, 0.3) is 22.6 Å². The normalized spacial score (nSPS) is 10.8. The van der Waals surface area contributed by atoms with Crippen molar-refractivity contribution in [2.75, 3.05) is 14.2 Å². The van der Waals surface area contributed by atoms with Crippen LogP contribution in [0, 0.1) is 0 Å². The average Bonchev–Trinajstić information content (AvgIpc) is 3.06. The average molecular weight is 380 g/mol. The number of aliphatic hydroxyl groups is 1. The number of benzene rings is 2. The number of hydrogen-bond acceptors (Lipinski definition) is 5. The van der Waals surface area contributed by atoms with Gasteiger partial charge in [-0.3, -0.25) is 0 Å². The van der Waals surface area contributed by atoms with Gasteiger partial charge in [0.25, 0.3) is 0 Å². The number of halogens is 2. The molecule has 0 saturated carbocycles. The van der Waals surface area contributed by atoms with E-state index >= 15 is 0 Å². The molecule has 1 heterocycles. The van der Waals surface area contributed by atoms with Crippen LogP contribution in [0.5, 0.6) is 11.5 Å². The number of para-hydroxylation sites is 1. The molecule has 130 valence electrons. The van der Waals surface area contributed by atoms with Gasteiger partial charge in [-0.2, -0.15) is 0 Å². The van der Waals surface area contributed by atoms with Crippen LogP contribution in [0.1, 0.15) is 5.56 Å². The highest BCUT2D eigenvalue weighted by molar-refractivity contribution is 6.35. The third-order valence-electron chi connectivity index (χ3n) is 3.78. The number of nitrogens with zero attached hydrogens (tertiary/aromatic N) is 1. The lowest BCUT2D eigenvalue weighted by atomic mass is 10.0. The van der Waals surface area contributed by atoms with E-state index in [1.54, 1.807) is 43.5 Å². The van der Waals surface area contributed by atoms with E-state index in [1.807, 2.05) is 0 Å². The third kappa shape index (κ3) is 3.18. The van der Waals surface area contributed by atoms with Crippen molar-refractivity contribution in [3.63, 3.8) is 0 Å². The molecule has 0 aliphatic carbocycles. The minimum Gasteiger partial charge on any atom is -0.493 e. The molecular weight excluding hydrogens is 365 g/mol. The number of hydrogen-bond donors (Lipinski definition) is 1. The van der Waals surface area contributed by atoms with E-state index in [2.05, 4.69) is 5.16 Å². The maximum atomic E-state index is 9.91. The highest BCUT2D eigenvalue weighted by Gasteiger charge is 2.24. The largest absolute Gasteiger partial charge is 0.493 e. The predicted octanol–water partition coefficient (Wildman–Crippen LogP) is 4.82. The summed E-state index contributed by atoms with van der Waals surface area (Å²) in [6.07, 6.45) is 0. The summed E-state index contributed by atoms with van der Waals surface area (Å²) in [6.45, 7) is -0.294. The lowest BCUT2D eigenvalue weighted by molar-refractivity contribution is 0.281. The number of aromatic nitrogens is 1. The van der Waals surface area contributed by atoms with Gasteiger partial charge in [0.15, 0.2) is 17.3 Å². The Balaban J connectivity index is 2.21. The molecule has 0 aliphatic rings. The highest BCUT2D eigenvalue weighted by atomic mass is 35.5. The van der Waals surface area contributed by atoms with Crippen LogP contribution in [-0.2, 0) is 6.61 Å². The van der Waals surface area contributed by atoms with Gasteiger partial charge >= 0.3 is 0 Å². The van der Waals surface area contributed by atoms with Crippen LogP contribution >= 0.6 is 23.2 Å². The Morgan fingerprint density at radius 1 is 1.08 bits per heavy atom. The topological polar surface area (TPSA) is 64.7 Å². The maximum Gasteiger partial charge on any atom is 0.176 e. The van der Waals surface area contributed by atoms with E-state index in [0.717, 1.165) is 0 Å². The fraction of sp³-hybridized carbons (Fsp3) is 0.167. The van der Waals surface area contributed by atoms with E-state index < -0.39 is 0 Å². The second kappa shape index (κ2) is 7.35. The molecule has 0 radical (unpaired) electrons. The van der Waals surface area contributed by atoms with Gasteiger partial charge < -0.3 is 19.1 Å². The molecule has 0 amide bonds. The van der Waals surface area contributed by atoms with Gasteiger partial charge in [-0.1, -0.05) is 34.4 Å². The Morgan fingerprint density at radius 3 is 2.56 bits per heavy atom. The Morgan fingerprint density at radius 2 is 1.88 bits per heavy atom. The lowest BCUT2D eigenvalue weighted by Gasteiger charge is -2.11. The lowest BCUT2D eigenvalue weighted by Crippen LogP contribution is -1.95. The van der Waals surface area contributed by atoms with Crippen molar-refractivity contribution >= 4 is 23.2 Å². The molecule has 0 aliphatic heterocycles. The fourth-order valence-electron chi connectivity index (χ4n) is 2.62. The van der Waals surface area contributed by atoms with Gasteiger partial charge in [-0.25, -0.2) is 0 Å². The molecule has 7 heteroatoms. The van der Waals surface area contributed by atoms with Crippen LogP contribution < -0.4 is 9.47 Å². The van der Waals surface area contributed by atoms with Crippen LogP contribution in [0.2, 0.25) is 10.0 Å². The zero-order valence-electron chi connectivity index (χ0n) is 13.5. The third-order valence-corrected chi connectivity index (χ3v) is 4.34. The van der Waals surface area contributed by atoms with E-state index in [-0.39, 0.29) is 6.61 Å². The van der Waals surface area contributed by atoms with E-state index in [1.165, 1.54) is 7.11 Å². The van der Waals surface area contributed by atoms with E-state index in [0.29, 0.717) is 49.7 Å². The Bertz CT molecular complexity index is 908. The molecule has 5 nitrogen and oxygen atoms in total. The summed E-state index contributed by atoms with van der Waals surface area (Å²) in [5.41, 5.74) is 2.10. The molecule has 3 aromatic rings. The van der Waals surface area contributed by atoms with Gasteiger partial charge in [-0.05, 0) is 30.3 Å². The number of ether oxygens (including phenoxy) is 2. The summed E-state index contributed by atoms with van der Waals surface area (Å²) >= 11 is 12.3. The van der Waals surface area contributed by atoms with E-state index in [9.17, 15) is 5.11 Å². The SMILES string of the molecule is COc1cccc(-c2onc(-c3cc(Cl)ccc3Cl)c2CO)c1OC. The minimum absolute atomic E-state index is 0.294. The monoisotopic (exact) mass is 379 g/mol. The molecule has 3 rings (SSSR count). The standard InChI is InChI=1S/C18H15Cl2NO4/c1-23-15-5-3-4-11(18(15)24-2)17-13(9-22)16(21-25-17)12-8-10(19)6-7-14(12)20/h3-8,22H,9H2,1-2H3. The first-order chi connectivity index (χ1) is 12.1. The van der Waals surface area contributed by atoms with Crippen molar-refractivity contribution in [3.05, 3.63) is 52.0 Å². The van der Waals surface area contributed by atoms with Gasteiger partial charge in [-0.15, -0.1) is 0 Å². The van der Waals surface area contributed by atoms with Crippen molar-refractivity contribution in [2.45, 2.75) is 6.61 Å². The molecule has 25 heavy (non-hydrogen) atoms. The first-order valence-corrected chi connectivity index (χ1v) is 8.12. The van der Waals surface area contributed by atoms with Crippen LogP contribution in [0.3, 0.4) is 0 Å². The number of aliphatic hydroxyl groups excluding tert-OH is 1. The van der Waals surface area contributed by atoms with Crippen molar-refractivity contribution < 1.29 is 19.1 Å². The van der Waals surface area contributed by atoms with Gasteiger partial charge in [0, 0.05) is 10.6 Å². The molecular formula is C18H15Cl2NO4. The van der Waals surface area contributed by atoms with Crippen LogP contribution in [0.15, 0.2) is 40.9 Å². The zero-order chi connectivity index (χ0) is 18.0. The second-order valence-electron chi connectivity index (χ2n) is 5.16. The summed E-state index contributed by atoms with van der Waals surface area (Å²) in [7, 11) is 3.08. The predicted molar refractivity (Wildman–Crippen MR) is 96.4 cm³/mol. The van der Waals surface area contributed by atoms with E-state index in [4.69, 9.17) is 37.2 Å². The molecule has 0 spiro atoms. The molecule has 0 bridgehead atoms. The fourth-order valence-corrected chi connectivity index (χ4v) is 3.00. The first-order valence-electron chi connectivity index (χ1n) is 7.36. The van der Waals surface area contributed by atoms with Crippen molar-refractivity contribution in [1.29, 1.82) is 0 Å². The second-order valence-corrected chi connectivity index (χ2v) is 6.01.